The Labute approximate surface area is 108 Å². The van der Waals surface area contributed by atoms with E-state index >= 15 is 0 Å². The maximum absolute atomic E-state index is 13.3. The van der Waals surface area contributed by atoms with Crippen molar-refractivity contribution in [3.63, 3.8) is 0 Å². The van der Waals surface area contributed by atoms with Gasteiger partial charge in [-0.1, -0.05) is 11.6 Å². The van der Waals surface area contributed by atoms with Crippen LogP contribution in [-0.2, 0) is 0 Å². The Morgan fingerprint density at radius 1 is 1.29 bits per heavy atom. The highest BCUT2D eigenvalue weighted by Crippen LogP contribution is 2.26. The summed E-state index contributed by atoms with van der Waals surface area (Å²) in [5.74, 6) is -0.542. The molecule has 1 aromatic carbocycles. The molecular weight excluding hydrogens is 259 g/mol. The molecule has 0 unspecified atom stereocenters. The van der Waals surface area contributed by atoms with Gasteiger partial charge in [0.1, 0.15) is 5.82 Å². The second kappa shape index (κ2) is 4.59. The van der Waals surface area contributed by atoms with Gasteiger partial charge in [0.15, 0.2) is 0 Å². The molecule has 2 aromatic rings. The number of hydrogen-bond donors (Lipinski definition) is 0. The van der Waals surface area contributed by atoms with Crippen LogP contribution >= 0.6 is 22.9 Å². The quantitative estimate of drug-likeness (QED) is 0.739. The van der Waals surface area contributed by atoms with Crippen LogP contribution < -0.4 is 0 Å². The molecule has 4 heteroatoms. The topological polar surface area (TPSA) is 17.1 Å². The van der Waals surface area contributed by atoms with Gasteiger partial charge in [-0.2, -0.15) is 0 Å². The average Bonchev–Trinajstić information content (AvgIpc) is 2.69. The minimum atomic E-state index is -0.394. The number of rotatable bonds is 2. The van der Waals surface area contributed by atoms with Crippen molar-refractivity contribution in [2.75, 3.05) is 0 Å². The van der Waals surface area contributed by atoms with Crippen LogP contribution in [0.5, 0.6) is 0 Å². The van der Waals surface area contributed by atoms with Crippen LogP contribution in [0.25, 0.3) is 0 Å². The van der Waals surface area contributed by atoms with Gasteiger partial charge in [-0.15, -0.1) is 11.3 Å². The van der Waals surface area contributed by atoms with E-state index in [4.69, 9.17) is 11.6 Å². The first-order valence-electron chi connectivity index (χ1n) is 5.05. The Kier molecular flexibility index (Phi) is 3.31. The first-order chi connectivity index (χ1) is 8.00. The third kappa shape index (κ3) is 2.26. The third-order valence-electron chi connectivity index (χ3n) is 2.56. The third-order valence-corrected chi connectivity index (χ3v) is 3.89. The Morgan fingerprint density at radius 3 is 2.59 bits per heavy atom. The molecule has 17 heavy (non-hydrogen) atoms. The molecule has 0 atom stereocenters. The van der Waals surface area contributed by atoms with E-state index in [1.54, 1.807) is 6.92 Å². The Morgan fingerprint density at radius 2 is 2.00 bits per heavy atom. The number of thiophene rings is 1. The van der Waals surface area contributed by atoms with E-state index in [0.29, 0.717) is 16.0 Å². The molecule has 0 aliphatic carbocycles. The van der Waals surface area contributed by atoms with E-state index in [1.807, 2.05) is 18.4 Å². The summed E-state index contributed by atoms with van der Waals surface area (Å²) < 4.78 is 13.3. The standard InChI is InChI=1S/C13H10ClFOS/c1-7-3-4-17-13(7)12(16)9-5-8(2)11(15)6-10(9)14/h3-6H,1-2H3. The summed E-state index contributed by atoms with van der Waals surface area (Å²) in [6.07, 6.45) is 0. The monoisotopic (exact) mass is 268 g/mol. The Balaban J connectivity index is 2.52. The smallest absolute Gasteiger partial charge is 0.204 e. The summed E-state index contributed by atoms with van der Waals surface area (Å²) in [7, 11) is 0. The van der Waals surface area contributed by atoms with Gasteiger partial charge in [-0.05, 0) is 48.6 Å². The lowest BCUT2D eigenvalue weighted by molar-refractivity contribution is 0.104. The van der Waals surface area contributed by atoms with Gasteiger partial charge in [0, 0.05) is 5.56 Å². The molecule has 0 aliphatic heterocycles. The van der Waals surface area contributed by atoms with Crippen LogP contribution in [0.15, 0.2) is 23.6 Å². The van der Waals surface area contributed by atoms with E-state index in [1.165, 1.54) is 23.5 Å². The van der Waals surface area contributed by atoms with Gasteiger partial charge < -0.3 is 0 Å². The van der Waals surface area contributed by atoms with Crippen LogP contribution in [0.3, 0.4) is 0 Å². The molecule has 1 aromatic heterocycles. The van der Waals surface area contributed by atoms with Gasteiger partial charge in [0.25, 0.3) is 0 Å². The van der Waals surface area contributed by atoms with Crippen molar-refractivity contribution in [2.45, 2.75) is 13.8 Å². The summed E-state index contributed by atoms with van der Waals surface area (Å²) in [4.78, 5) is 12.9. The molecule has 2 rings (SSSR count). The molecule has 0 saturated carbocycles. The van der Waals surface area contributed by atoms with Crippen LogP contribution in [0.2, 0.25) is 5.02 Å². The summed E-state index contributed by atoms with van der Waals surface area (Å²) in [5.41, 5.74) is 1.70. The number of carbonyl (C=O) groups excluding carboxylic acids is 1. The second-order valence-electron chi connectivity index (χ2n) is 3.84. The fraction of sp³-hybridized carbons (Fsp3) is 0.154. The van der Waals surface area contributed by atoms with Gasteiger partial charge in [-0.3, -0.25) is 4.79 Å². The van der Waals surface area contributed by atoms with Gasteiger partial charge >= 0.3 is 0 Å². The number of aryl methyl sites for hydroxylation is 2. The zero-order chi connectivity index (χ0) is 12.6. The molecule has 0 bridgehead atoms. The van der Waals surface area contributed by atoms with Crippen molar-refractivity contribution < 1.29 is 9.18 Å². The molecule has 0 saturated heterocycles. The summed E-state index contributed by atoms with van der Waals surface area (Å²) in [6, 6.07) is 4.56. The molecule has 0 fully saturated rings. The van der Waals surface area contributed by atoms with Crippen LogP contribution in [0.4, 0.5) is 4.39 Å². The van der Waals surface area contributed by atoms with Gasteiger partial charge in [0.2, 0.25) is 5.78 Å². The fourth-order valence-electron chi connectivity index (χ4n) is 1.56. The zero-order valence-electron chi connectivity index (χ0n) is 9.38. The first-order valence-corrected chi connectivity index (χ1v) is 6.31. The van der Waals surface area contributed by atoms with Crippen molar-refractivity contribution in [3.05, 3.63) is 56.0 Å². The summed E-state index contributed by atoms with van der Waals surface area (Å²) in [5, 5.41) is 2.01. The highest BCUT2D eigenvalue weighted by atomic mass is 35.5. The van der Waals surface area contributed by atoms with E-state index in [-0.39, 0.29) is 10.8 Å². The van der Waals surface area contributed by atoms with Crippen LogP contribution in [-0.4, -0.2) is 5.78 Å². The second-order valence-corrected chi connectivity index (χ2v) is 5.17. The Bertz CT molecular complexity index is 589. The van der Waals surface area contributed by atoms with Crippen LogP contribution in [0.1, 0.15) is 26.4 Å². The number of hydrogen-bond acceptors (Lipinski definition) is 2. The van der Waals surface area contributed by atoms with E-state index in [0.717, 1.165) is 5.56 Å². The molecule has 1 heterocycles. The molecule has 88 valence electrons. The van der Waals surface area contributed by atoms with Crippen molar-refractivity contribution in [3.8, 4) is 0 Å². The lowest BCUT2D eigenvalue weighted by Gasteiger charge is -2.05. The highest BCUT2D eigenvalue weighted by Gasteiger charge is 2.17. The van der Waals surface area contributed by atoms with E-state index in [2.05, 4.69) is 0 Å². The molecule has 0 aliphatic rings. The van der Waals surface area contributed by atoms with Crippen LogP contribution in [0, 0.1) is 19.7 Å². The van der Waals surface area contributed by atoms with E-state index in [9.17, 15) is 9.18 Å². The minimum Gasteiger partial charge on any atom is -0.288 e. The molecule has 0 radical (unpaired) electrons. The molecule has 1 nitrogen and oxygen atoms in total. The molecule has 0 N–H and O–H groups in total. The summed E-state index contributed by atoms with van der Waals surface area (Å²) >= 11 is 7.28. The predicted molar refractivity (Wildman–Crippen MR) is 68.6 cm³/mol. The number of benzene rings is 1. The SMILES string of the molecule is Cc1cc(C(=O)c2sccc2C)c(Cl)cc1F. The first kappa shape index (κ1) is 12.3. The Hall–Kier alpha value is -1.19. The number of ketones is 1. The molecule has 0 amide bonds. The van der Waals surface area contributed by atoms with E-state index < -0.39 is 5.82 Å². The van der Waals surface area contributed by atoms with Gasteiger partial charge in [0.05, 0.1) is 9.90 Å². The minimum absolute atomic E-state index is 0.148. The van der Waals surface area contributed by atoms with Crippen molar-refractivity contribution in [2.24, 2.45) is 0 Å². The molecular formula is C13H10ClFOS. The lowest BCUT2D eigenvalue weighted by atomic mass is 10.0. The number of halogens is 2. The lowest BCUT2D eigenvalue weighted by Crippen LogP contribution is -2.03. The van der Waals surface area contributed by atoms with Crippen molar-refractivity contribution in [1.82, 2.24) is 0 Å². The van der Waals surface area contributed by atoms with Crippen molar-refractivity contribution >= 4 is 28.7 Å². The largest absolute Gasteiger partial charge is 0.288 e. The normalized spacial score (nSPS) is 10.6. The fourth-order valence-corrected chi connectivity index (χ4v) is 2.67. The summed E-state index contributed by atoms with van der Waals surface area (Å²) in [6.45, 7) is 3.48. The average molecular weight is 269 g/mol. The number of carbonyl (C=O) groups is 1. The maximum Gasteiger partial charge on any atom is 0.204 e. The predicted octanol–water partition coefficient (Wildman–Crippen LogP) is 4.39. The maximum atomic E-state index is 13.3. The highest BCUT2D eigenvalue weighted by molar-refractivity contribution is 7.12. The zero-order valence-corrected chi connectivity index (χ0v) is 11.0. The molecule has 0 spiro atoms. The van der Waals surface area contributed by atoms with Gasteiger partial charge in [-0.25, -0.2) is 4.39 Å². The van der Waals surface area contributed by atoms with Crippen molar-refractivity contribution in [1.29, 1.82) is 0 Å².